The standard InChI is InChI=1S/C16H21NO2/c1-12(18)16(19)17(2)10-9-13-7-8-14-5-3-4-6-15(14)11-13/h7-8,11H,3-6,9-10H2,1-2H3. The maximum Gasteiger partial charge on any atom is 0.289 e. The average Bonchev–Trinajstić information content (AvgIpc) is 2.43. The lowest BCUT2D eigenvalue weighted by Gasteiger charge is -2.18. The zero-order valence-electron chi connectivity index (χ0n) is 11.7. The van der Waals surface area contributed by atoms with Crippen molar-refractivity contribution in [2.45, 2.75) is 39.0 Å². The lowest BCUT2D eigenvalue weighted by Crippen LogP contribution is -2.33. The second-order valence-electron chi connectivity index (χ2n) is 5.34. The number of ketones is 1. The van der Waals surface area contributed by atoms with Crippen LogP contribution in [0, 0.1) is 0 Å². The molecule has 3 nitrogen and oxygen atoms in total. The highest BCUT2D eigenvalue weighted by Gasteiger charge is 2.14. The summed E-state index contributed by atoms with van der Waals surface area (Å²) in [6.45, 7) is 1.91. The van der Waals surface area contributed by atoms with E-state index in [0.717, 1.165) is 6.42 Å². The second kappa shape index (κ2) is 6.00. The summed E-state index contributed by atoms with van der Waals surface area (Å²) in [6.07, 6.45) is 5.74. The van der Waals surface area contributed by atoms with E-state index in [4.69, 9.17) is 0 Å². The highest BCUT2D eigenvalue weighted by molar-refractivity contribution is 6.34. The molecule has 0 unspecified atom stereocenters. The van der Waals surface area contributed by atoms with Crippen molar-refractivity contribution in [3.8, 4) is 0 Å². The number of hydrogen-bond acceptors (Lipinski definition) is 2. The minimum absolute atomic E-state index is 0.395. The number of aryl methyl sites for hydroxylation is 2. The van der Waals surface area contributed by atoms with Gasteiger partial charge < -0.3 is 4.90 Å². The molecule has 3 heteroatoms. The molecule has 19 heavy (non-hydrogen) atoms. The van der Waals surface area contributed by atoms with Gasteiger partial charge in [0.1, 0.15) is 0 Å². The number of fused-ring (bicyclic) bond motifs is 1. The number of benzene rings is 1. The predicted molar refractivity (Wildman–Crippen MR) is 75.1 cm³/mol. The number of carbonyl (C=O) groups excluding carboxylic acids is 2. The maximum atomic E-state index is 11.5. The van der Waals surface area contributed by atoms with Gasteiger partial charge in [0.05, 0.1) is 0 Å². The molecule has 1 aromatic carbocycles. The van der Waals surface area contributed by atoms with Crippen LogP contribution in [0.1, 0.15) is 36.5 Å². The number of carbonyl (C=O) groups is 2. The lowest BCUT2D eigenvalue weighted by atomic mass is 9.90. The van der Waals surface area contributed by atoms with Gasteiger partial charge in [-0.15, -0.1) is 0 Å². The first-order valence-electron chi connectivity index (χ1n) is 6.94. The van der Waals surface area contributed by atoms with Crippen LogP contribution in [0.5, 0.6) is 0 Å². The van der Waals surface area contributed by atoms with Crippen molar-refractivity contribution in [2.75, 3.05) is 13.6 Å². The summed E-state index contributed by atoms with van der Waals surface area (Å²) in [4.78, 5) is 24.0. The highest BCUT2D eigenvalue weighted by atomic mass is 16.2. The van der Waals surface area contributed by atoms with Gasteiger partial charge in [-0.25, -0.2) is 0 Å². The van der Waals surface area contributed by atoms with Crippen LogP contribution >= 0.6 is 0 Å². The summed E-state index contributed by atoms with van der Waals surface area (Å²) in [6, 6.07) is 6.63. The average molecular weight is 259 g/mol. The van der Waals surface area contributed by atoms with Gasteiger partial charge in [-0.1, -0.05) is 18.2 Å². The molecule has 0 saturated heterocycles. The first-order valence-corrected chi connectivity index (χ1v) is 6.94. The molecular weight excluding hydrogens is 238 g/mol. The molecule has 102 valence electrons. The van der Waals surface area contributed by atoms with Crippen molar-refractivity contribution in [2.24, 2.45) is 0 Å². The van der Waals surface area contributed by atoms with Crippen molar-refractivity contribution < 1.29 is 9.59 Å². The molecule has 1 amide bonds. The minimum atomic E-state index is -0.405. The van der Waals surface area contributed by atoms with Crippen LogP contribution in [0.3, 0.4) is 0 Å². The third-order valence-electron chi connectivity index (χ3n) is 3.80. The predicted octanol–water partition coefficient (Wildman–Crippen LogP) is 2.16. The van der Waals surface area contributed by atoms with Crippen LogP contribution < -0.4 is 0 Å². The van der Waals surface area contributed by atoms with Crippen molar-refractivity contribution in [3.63, 3.8) is 0 Å². The summed E-state index contributed by atoms with van der Waals surface area (Å²) in [5.41, 5.74) is 4.19. The molecule has 0 bridgehead atoms. The molecule has 0 radical (unpaired) electrons. The number of Topliss-reactive ketones (excluding diaryl/α,β-unsaturated/α-hetero) is 1. The molecule has 0 saturated carbocycles. The molecule has 1 aliphatic carbocycles. The van der Waals surface area contributed by atoms with Gasteiger partial charge in [-0.2, -0.15) is 0 Å². The number of likely N-dealkylation sites (N-methyl/N-ethyl adjacent to an activating group) is 1. The van der Waals surface area contributed by atoms with Crippen LogP contribution in [0.4, 0.5) is 0 Å². The number of amides is 1. The SMILES string of the molecule is CC(=O)C(=O)N(C)CCc1ccc2c(c1)CCCC2. The second-order valence-corrected chi connectivity index (χ2v) is 5.34. The fraction of sp³-hybridized carbons (Fsp3) is 0.500. The molecule has 0 spiro atoms. The van der Waals surface area contributed by atoms with Crippen molar-refractivity contribution in [3.05, 3.63) is 34.9 Å². The van der Waals surface area contributed by atoms with E-state index in [1.165, 1.54) is 54.2 Å². The fourth-order valence-electron chi connectivity index (χ4n) is 2.61. The molecule has 2 rings (SSSR count). The fourth-order valence-corrected chi connectivity index (χ4v) is 2.61. The van der Waals surface area contributed by atoms with E-state index < -0.39 is 11.7 Å². The van der Waals surface area contributed by atoms with Gasteiger partial charge in [0.2, 0.25) is 5.78 Å². The van der Waals surface area contributed by atoms with Crippen molar-refractivity contribution in [1.82, 2.24) is 4.90 Å². The monoisotopic (exact) mass is 259 g/mol. The molecule has 1 aliphatic rings. The smallest absolute Gasteiger partial charge is 0.289 e. The van der Waals surface area contributed by atoms with E-state index in [-0.39, 0.29) is 0 Å². The Kier molecular flexibility index (Phi) is 4.35. The quantitative estimate of drug-likeness (QED) is 0.777. The topological polar surface area (TPSA) is 37.4 Å². The van der Waals surface area contributed by atoms with Crippen LogP contribution in [0.25, 0.3) is 0 Å². The Labute approximate surface area is 114 Å². The van der Waals surface area contributed by atoms with Crippen LogP contribution in [0.15, 0.2) is 18.2 Å². The molecule has 0 aromatic heterocycles. The third kappa shape index (κ3) is 3.43. The minimum Gasteiger partial charge on any atom is -0.339 e. The van der Waals surface area contributed by atoms with Crippen LogP contribution in [0.2, 0.25) is 0 Å². The van der Waals surface area contributed by atoms with Gasteiger partial charge in [-0.05, 0) is 48.8 Å². The van der Waals surface area contributed by atoms with Gasteiger partial charge in [0.25, 0.3) is 5.91 Å². The number of nitrogens with zero attached hydrogens (tertiary/aromatic N) is 1. The van der Waals surface area contributed by atoms with Crippen LogP contribution in [-0.2, 0) is 28.9 Å². The van der Waals surface area contributed by atoms with E-state index in [9.17, 15) is 9.59 Å². The zero-order valence-corrected chi connectivity index (χ0v) is 11.7. The molecule has 0 heterocycles. The Hall–Kier alpha value is -1.64. The van der Waals surface area contributed by atoms with E-state index >= 15 is 0 Å². The Morgan fingerprint density at radius 3 is 2.53 bits per heavy atom. The van der Waals surface area contributed by atoms with Crippen molar-refractivity contribution in [1.29, 1.82) is 0 Å². The molecule has 0 atom stereocenters. The normalized spacial score (nSPS) is 13.8. The largest absolute Gasteiger partial charge is 0.339 e. The Morgan fingerprint density at radius 2 is 1.84 bits per heavy atom. The first kappa shape index (κ1) is 13.8. The Bertz CT molecular complexity index is 494. The van der Waals surface area contributed by atoms with Gasteiger partial charge in [0, 0.05) is 20.5 Å². The van der Waals surface area contributed by atoms with E-state index in [1.807, 2.05) is 0 Å². The molecular formula is C16H21NO2. The molecule has 0 aliphatic heterocycles. The summed E-state index contributed by atoms with van der Waals surface area (Å²) >= 11 is 0. The molecule has 0 N–H and O–H groups in total. The Morgan fingerprint density at radius 1 is 1.16 bits per heavy atom. The highest BCUT2D eigenvalue weighted by Crippen LogP contribution is 2.22. The summed E-state index contributed by atoms with van der Waals surface area (Å²) < 4.78 is 0. The van der Waals surface area contributed by atoms with E-state index in [2.05, 4.69) is 18.2 Å². The first-order chi connectivity index (χ1) is 9.08. The third-order valence-corrected chi connectivity index (χ3v) is 3.80. The molecule has 0 fully saturated rings. The van der Waals surface area contributed by atoms with Gasteiger partial charge >= 0.3 is 0 Å². The Balaban J connectivity index is 1.96. The number of rotatable bonds is 4. The summed E-state index contributed by atoms with van der Waals surface area (Å²) in [5, 5.41) is 0. The van der Waals surface area contributed by atoms with Gasteiger partial charge in [0.15, 0.2) is 0 Å². The number of hydrogen-bond donors (Lipinski definition) is 0. The zero-order chi connectivity index (χ0) is 13.8. The van der Waals surface area contributed by atoms with Crippen LogP contribution in [-0.4, -0.2) is 30.2 Å². The lowest BCUT2D eigenvalue weighted by molar-refractivity contribution is -0.142. The van der Waals surface area contributed by atoms with Crippen molar-refractivity contribution >= 4 is 11.7 Å². The van der Waals surface area contributed by atoms with E-state index in [0.29, 0.717) is 6.54 Å². The van der Waals surface area contributed by atoms with Gasteiger partial charge in [-0.3, -0.25) is 9.59 Å². The molecule has 1 aromatic rings. The summed E-state index contributed by atoms with van der Waals surface area (Å²) in [7, 11) is 1.68. The summed E-state index contributed by atoms with van der Waals surface area (Å²) in [5.74, 6) is -0.800. The maximum absolute atomic E-state index is 11.5. The van der Waals surface area contributed by atoms with E-state index in [1.54, 1.807) is 7.05 Å².